The van der Waals surface area contributed by atoms with Crippen LogP contribution in [-0.2, 0) is 16.1 Å². The Balaban J connectivity index is 3.01. The first-order valence-corrected chi connectivity index (χ1v) is 6.02. The molecule has 0 bridgehead atoms. The van der Waals surface area contributed by atoms with E-state index < -0.39 is 12.1 Å². The van der Waals surface area contributed by atoms with Crippen LogP contribution in [0, 0.1) is 6.92 Å². The van der Waals surface area contributed by atoms with Crippen LogP contribution in [0.3, 0.4) is 0 Å². The maximum absolute atomic E-state index is 11.3. The van der Waals surface area contributed by atoms with Gasteiger partial charge in [0.2, 0.25) is 0 Å². The molecule has 2 N–H and O–H groups in total. The lowest BCUT2D eigenvalue weighted by Crippen LogP contribution is -2.26. The number of carbonyl (C=O) groups excluding carboxylic acids is 1. The van der Waals surface area contributed by atoms with Crippen LogP contribution >= 0.6 is 15.9 Å². The smallest absolute Gasteiger partial charge is 0.346 e. The van der Waals surface area contributed by atoms with Crippen molar-refractivity contribution in [1.82, 2.24) is 0 Å². The van der Waals surface area contributed by atoms with E-state index in [2.05, 4.69) is 20.7 Å². The molecule has 1 atom stereocenters. The van der Waals surface area contributed by atoms with Gasteiger partial charge in [-0.1, -0.05) is 15.9 Å². The highest BCUT2D eigenvalue weighted by molar-refractivity contribution is 9.10. The number of hydrogen-bond acceptors (Lipinski definition) is 4. The van der Waals surface area contributed by atoms with Crippen LogP contribution in [0.5, 0.6) is 5.75 Å². The summed E-state index contributed by atoms with van der Waals surface area (Å²) in [5, 5.41) is 0. The number of rotatable bonds is 4. The highest BCUT2D eigenvalue weighted by Gasteiger charge is 2.18. The Bertz CT molecular complexity index is 420. The van der Waals surface area contributed by atoms with E-state index >= 15 is 0 Å². The van der Waals surface area contributed by atoms with Crippen molar-refractivity contribution in [1.29, 1.82) is 0 Å². The zero-order valence-electron chi connectivity index (χ0n) is 10.1. The molecular weight excluding hydrogens is 286 g/mol. The third-order valence-electron chi connectivity index (χ3n) is 2.36. The number of methoxy groups -OCH3 is 1. The van der Waals surface area contributed by atoms with Gasteiger partial charge in [-0.3, -0.25) is 0 Å². The quantitative estimate of drug-likeness (QED) is 0.866. The van der Waals surface area contributed by atoms with Gasteiger partial charge in [-0.2, -0.15) is 0 Å². The van der Waals surface area contributed by atoms with Gasteiger partial charge in [-0.05, 0) is 31.5 Å². The Hall–Kier alpha value is -1.07. The van der Waals surface area contributed by atoms with Crippen LogP contribution in [0.25, 0.3) is 0 Å². The monoisotopic (exact) mass is 301 g/mol. The number of hydrogen-bond donors (Lipinski definition) is 1. The summed E-state index contributed by atoms with van der Waals surface area (Å²) in [6.45, 7) is 3.90. The first-order chi connectivity index (χ1) is 7.99. The second-order valence-corrected chi connectivity index (χ2v) is 4.61. The van der Waals surface area contributed by atoms with Crippen molar-refractivity contribution in [2.24, 2.45) is 5.73 Å². The molecule has 0 radical (unpaired) electrons. The van der Waals surface area contributed by atoms with Gasteiger partial charge in [0.1, 0.15) is 5.75 Å². The Morgan fingerprint density at radius 1 is 1.53 bits per heavy atom. The molecule has 1 aromatic carbocycles. The van der Waals surface area contributed by atoms with Crippen LogP contribution < -0.4 is 10.5 Å². The third-order valence-corrected chi connectivity index (χ3v) is 2.82. The minimum absolute atomic E-state index is 0.351. The topological polar surface area (TPSA) is 61.5 Å². The number of ether oxygens (including phenoxy) is 2. The molecule has 0 fully saturated rings. The SMILES string of the molecule is COC(=O)C(C)Oc1c(C)cc(Br)cc1CN. The summed E-state index contributed by atoms with van der Waals surface area (Å²) in [5.41, 5.74) is 7.44. The maximum atomic E-state index is 11.3. The van der Waals surface area contributed by atoms with E-state index in [1.54, 1.807) is 6.92 Å². The number of esters is 1. The standard InChI is InChI=1S/C12H16BrNO3/c1-7-4-10(13)5-9(6-14)11(7)17-8(2)12(15)16-3/h4-5,8H,6,14H2,1-3H3. The zero-order valence-corrected chi connectivity index (χ0v) is 11.7. The molecule has 17 heavy (non-hydrogen) atoms. The number of nitrogens with two attached hydrogens (primary N) is 1. The molecule has 0 aliphatic heterocycles. The first-order valence-electron chi connectivity index (χ1n) is 5.23. The van der Waals surface area contributed by atoms with Crippen molar-refractivity contribution in [3.05, 3.63) is 27.7 Å². The summed E-state index contributed by atoms with van der Waals surface area (Å²) in [6.07, 6.45) is -0.648. The Morgan fingerprint density at radius 2 is 2.18 bits per heavy atom. The normalized spacial score (nSPS) is 12.1. The molecule has 0 saturated heterocycles. The average Bonchev–Trinajstić information content (AvgIpc) is 2.30. The summed E-state index contributed by atoms with van der Waals surface area (Å²) in [4.78, 5) is 11.3. The Labute approximate surface area is 109 Å². The van der Waals surface area contributed by atoms with Gasteiger partial charge in [0.25, 0.3) is 0 Å². The summed E-state index contributed by atoms with van der Waals surface area (Å²) in [5.74, 6) is 0.240. The second kappa shape index (κ2) is 6.02. The number of halogens is 1. The molecule has 0 saturated carbocycles. The molecule has 0 aromatic heterocycles. The van der Waals surface area contributed by atoms with E-state index in [1.807, 2.05) is 19.1 Å². The molecule has 94 valence electrons. The van der Waals surface area contributed by atoms with E-state index in [9.17, 15) is 4.79 Å². The zero-order chi connectivity index (χ0) is 13.0. The van der Waals surface area contributed by atoms with Gasteiger partial charge in [0, 0.05) is 16.6 Å². The fourth-order valence-corrected chi connectivity index (χ4v) is 2.13. The largest absolute Gasteiger partial charge is 0.478 e. The van der Waals surface area contributed by atoms with Crippen molar-refractivity contribution < 1.29 is 14.3 Å². The highest BCUT2D eigenvalue weighted by Crippen LogP contribution is 2.28. The minimum Gasteiger partial charge on any atom is -0.478 e. The maximum Gasteiger partial charge on any atom is 0.346 e. The van der Waals surface area contributed by atoms with Crippen LogP contribution in [0.4, 0.5) is 0 Å². The van der Waals surface area contributed by atoms with Gasteiger partial charge < -0.3 is 15.2 Å². The van der Waals surface area contributed by atoms with Gasteiger partial charge in [-0.25, -0.2) is 4.79 Å². The van der Waals surface area contributed by atoms with Crippen molar-refractivity contribution >= 4 is 21.9 Å². The minimum atomic E-state index is -0.648. The molecule has 1 aromatic rings. The first kappa shape index (κ1) is 14.0. The highest BCUT2D eigenvalue weighted by atomic mass is 79.9. The van der Waals surface area contributed by atoms with Gasteiger partial charge in [0.15, 0.2) is 6.10 Å². The predicted molar refractivity (Wildman–Crippen MR) is 68.9 cm³/mol. The van der Waals surface area contributed by atoms with Gasteiger partial charge in [-0.15, -0.1) is 0 Å². The molecule has 1 rings (SSSR count). The van der Waals surface area contributed by atoms with E-state index in [0.29, 0.717) is 12.3 Å². The van der Waals surface area contributed by atoms with Crippen molar-refractivity contribution in [3.63, 3.8) is 0 Å². The van der Waals surface area contributed by atoms with E-state index in [-0.39, 0.29) is 0 Å². The summed E-state index contributed by atoms with van der Waals surface area (Å²) in [7, 11) is 1.33. The number of benzene rings is 1. The van der Waals surface area contributed by atoms with Crippen LogP contribution in [-0.4, -0.2) is 19.2 Å². The second-order valence-electron chi connectivity index (χ2n) is 3.70. The fourth-order valence-electron chi connectivity index (χ4n) is 1.51. The molecule has 0 amide bonds. The summed E-state index contributed by atoms with van der Waals surface area (Å²) in [6, 6.07) is 3.80. The molecule has 0 aliphatic rings. The molecule has 4 nitrogen and oxygen atoms in total. The molecule has 0 aliphatic carbocycles. The fraction of sp³-hybridized carbons (Fsp3) is 0.417. The Kier molecular flexibility index (Phi) is 4.96. The lowest BCUT2D eigenvalue weighted by Gasteiger charge is -2.17. The number of carbonyl (C=O) groups is 1. The van der Waals surface area contributed by atoms with E-state index in [1.165, 1.54) is 7.11 Å². The van der Waals surface area contributed by atoms with Gasteiger partial charge in [0.05, 0.1) is 7.11 Å². The van der Waals surface area contributed by atoms with Crippen molar-refractivity contribution in [2.75, 3.05) is 7.11 Å². The molecule has 5 heteroatoms. The van der Waals surface area contributed by atoms with E-state index in [0.717, 1.165) is 15.6 Å². The molecule has 1 unspecified atom stereocenters. The lowest BCUT2D eigenvalue weighted by atomic mass is 10.1. The summed E-state index contributed by atoms with van der Waals surface area (Å²) < 4.78 is 11.2. The third kappa shape index (κ3) is 3.44. The van der Waals surface area contributed by atoms with Crippen LogP contribution in [0.15, 0.2) is 16.6 Å². The van der Waals surface area contributed by atoms with Crippen molar-refractivity contribution in [3.8, 4) is 5.75 Å². The molecule has 0 spiro atoms. The molecular formula is C12H16BrNO3. The van der Waals surface area contributed by atoms with Crippen LogP contribution in [0.2, 0.25) is 0 Å². The van der Waals surface area contributed by atoms with Crippen molar-refractivity contribution in [2.45, 2.75) is 26.5 Å². The lowest BCUT2D eigenvalue weighted by molar-refractivity contribution is -0.147. The van der Waals surface area contributed by atoms with Gasteiger partial charge >= 0.3 is 5.97 Å². The average molecular weight is 302 g/mol. The van der Waals surface area contributed by atoms with E-state index in [4.69, 9.17) is 10.5 Å². The predicted octanol–water partition coefficient (Wildman–Crippen LogP) is 2.16. The molecule has 0 heterocycles. The number of aryl methyl sites for hydroxylation is 1. The van der Waals surface area contributed by atoms with Crippen LogP contribution in [0.1, 0.15) is 18.1 Å². The Morgan fingerprint density at radius 3 is 2.71 bits per heavy atom. The summed E-state index contributed by atoms with van der Waals surface area (Å²) >= 11 is 3.39.